The first kappa shape index (κ1) is 18.6. The molecule has 6 nitrogen and oxygen atoms in total. The average Bonchev–Trinajstić information content (AvgIpc) is 2.56. The number of nitrogens with two attached hydrogens (primary N) is 1. The Balaban J connectivity index is 2.03. The van der Waals surface area contributed by atoms with Crippen LogP contribution in [0.15, 0.2) is 48.5 Å². The van der Waals surface area contributed by atoms with Crippen LogP contribution in [-0.4, -0.2) is 18.5 Å². The van der Waals surface area contributed by atoms with E-state index in [1.807, 2.05) is 6.92 Å². The van der Waals surface area contributed by atoms with Crippen LogP contribution >= 0.6 is 11.6 Å². The molecule has 1 atom stereocenters. The molecule has 4 N–H and O–H groups in total. The second-order valence-corrected chi connectivity index (χ2v) is 5.76. The van der Waals surface area contributed by atoms with Crippen LogP contribution < -0.4 is 21.1 Å². The summed E-state index contributed by atoms with van der Waals surface area (Å²) in [5.41, 5.74) is 6.59. The van der Waals surface area contributed by atoms with Crippen molar-refractivity contribution in [3.05, 3.63) is 59.1 Å². The number of hydrogen-bond acceptors (Lipinski definition) is 3. The van der Waals surface area contributed by atoms with Crippen LogP contribution in [-0.2, 0) is 4.79 Å². The average molecular weight is 362 g/mol. The molecule has 25 heavy (non-hydrogen) atoms. The summed E-state index contributed by atoms with van der Waals surface area (Å²) in [6.45, 7) is 2.48. The molecule has 2 rings (SSSR count). The molecule has 0 radical (unpaired) electrons. The van der Waals surface area contributed by atoms with Crippen molar-refractivity contribution in [2.24, 2.45) is 5.73 Å². The molecule has 0 aliphatic rings. The number of benzene rings is 2. The molecule has 0 aliphatic heterocycles. The molecule has 0 aliphatic carbocycles. The second-order valence-electron chi connectivity index (χ2n) is 5.32. The van der Waals surface area contributed by atoms with E-state index < -0.39 is 12.1 Å². The molecule has 0 saturated heterocycles. The minimum Gasteiger partial charge on any atom is -0.494 e. The van der Waals surface area contributed by atoms with E-state index in [0.29, 0.717) is 17.3 Å². The van der Waals surface area contributed by atoms with Gasteiger partial charge in [-0.1, -0.05) is 23.7 Å². The number of rotatable bonds is 7. The molecule has 0 bridgehead atoms. The van der Waals surface area contributed by atoms with Gasteiger partial charge in [-0.05, 0) is 48.9 Å². The lowest BCUT2D eigenvalue weighted by atomic mass is 10.0. The van der Waals surface area contributed by atoms with Gasteiger partial charge in [-0.25, -0.2) is 4.79 Å². The number of nitrogens with one attached hydrogen (secondary N) is 2. The Bertz CT molecular complexity index is 717. The highest BCUT2D eigenvalue weighted by molar-refractivity contribution is 6.30. The van der Waals surface area contributed by atoms with E-state index in [1.165, 1.54) is 0 Å². The third-order valence-electron chi connectivity index (χ3n) is 3.43. The molecule has 2 aromatic rings. The van der Waals surface area contributed by atoms with Crippen molar-refractivity contribution in [2.45, 2.75) is 19.4 Å². The van der Waals surface area contributed by atoms with Gasteiger partial charge in [-0.3, -0.25) is 4.79 Å². The van der Waals surface area contributed by atoms with Crippen molar-refractivity contribution >= 4 is 29.2 Å². The van der Waals surface area contributed by atoms with Crippen molar-refractivity contribution in [1.29, 1.82) is 0 Å². The Labute approximate surface area is 151 Å². The number of primary amides is 1. The number of amides is 3. The number of urea groups is 1. The molecule has 0 aromatic heterocycles. The lowest BCUT2D eigenvalue weighted by Crippen LogP contribution is -2.35. The Morgan fingerprint density at radius 1 is 1.12 bits per heavy atom. The van der Waals surface area contributed by atoms with E-state index in [2.05, 4.69) is 10.6 Å². The predicted molar refractivity (Wildman–Crippen MR) is 97.8 cm³/mol. The topological polar surface area (TPSA) is 93.4 Å². The Morgan fingerprint density at radius 2 is 1.76 bits per heavy atom. The molecule has 3 amide bonds. The minimum atomic E-state index is -0.700. The van der Waals surface area contributed by atoms with Gasteiger partial charge >= 0.3 is 6.03 Å². The van der Waals surface area contributed by atoms with Gasteiger partial charge in [0.2, 0.25) is 5.91 Å². The molecule has 0 spiro atoms. The van der Waals surface area contributed by atoms with Gasteiger partial charge in [0.05, 0.1) is 19.1 Å². The largest absolute Gasteiger partial charge is 0.494 e. The third kappa shape index (κ3) is 6.00. The van der Waals surface area contributed by atoms with Crippen LogP contribution in [0, 0.1) is 0 Å². The van der Waals surface area contributed by atoms with Gasteiger partial charge in [0, 0.05) is 10.7 Å². The molecule has 0 unspecified atom stereocenters. The van der Waals surface area contributed by atoms with Gasteiger partial charge in [-0.2, -0.15) is 0 Å². The van der Waals surface area contributed by atoms with Gasteiger partial charge in [0.15, 0.2) is 0 Å². The Morgan fingerprint density at radius 3 is 2.32 bits per heavy atom. The number of carbonyl (C=O) groups is 2. The van der Waals surface area contributed by atoms with E-state index in [4.69, 9.17) is 22.1 Å². The van der Waals surface area contributed by atoms with Crippen LogP contribution in [0.4, 0.5) is 10.5 Å². The summed E-state index contributed by atoms with van der Waals surface area (Å²) in [6, 6.07) is 12.7. The fraction of sp³-hybridized carbons (Fsp3) is 0.222. The van der Waals surface area contributed by atoms with Gasteiger partial charge in [-0.15, -0.1) is 0 Å². The van der Waals surface area contributed by atoms with Crippen LogP contribution in [0.25, 0.3) is 0 Å². The van der Waals surface area contributed by atoms with Gasteiger partial charge in [0.25, 0.3) is 0 Å². The molecule has 0 saturated carbocycles. The third-order valence-corrected chi connectivity index (χ3v) is 3.68. The Kier molecular flexibility index (Phi) is 6.65. The number of ether oxygens (including phenoxy) is 1. The maximum Gasteiger partial charge on any atom is 0.312 e. The first-order chi connectivity index (χ1) is 12.0. The van der Waals surface area contributed by atoms with E-state index in [-0.39, 0.29) is 12.3 Å². The van der Waals surface area contributed by atoms with E-state index in [9.17, 15) is 9.59 Å². The van der Waals surface area contributed by atoms with Crippen LogP contribution in [0.1, 0.15) is 24.9 Å². The van der Waals surface area contributed by atoms with E-state index in [1.54, 1.807) is 48.5 Å². The van der Waals surface area contributed by atoms with Crippen molar-refractivity contribution in [3.63, 3.8) is 0 Å². The lowest BCUT2D eigenvalue weighted by Gasteiger charge is -2.18. The number of carbonyl (C=O) groups excluding carboxylic acids is 2. The fourth-order valence-electron chi connectivity index (χ4n) is 2.32. The molecular formula is C18H20ClN3O3. The van der Waals surface area contributed by atoms with Gasteiger partial charge < -0.3 is 21.1 Å². The van der Waals surface area contributed by atoms with Crippen LogP contribution in [0.2, 0.25) is 5.02 Å². The smallest absolute Gasteiger partial charge is 0.312 e. The van der Waals surface area contributed by atoms with E-state index >= 15 is 0 Å². The molecule has 0 fully saturated rings. The van der Waals surface area contributed by atoms with E-state index in [0.717, 1.165) is 11.3 Å². The first-order valence-electron chi connectivity index (χ1n) is 7.82. The minimum absolute atomic E-state index is 0.0395. The molecule has 0 heterocycles. The zero-order valence-corrected chi connectivity index (χ0v) is 14.5. The van der Waals surface area contributed by atoms with Crippen molar-refractivity contribution in [3.8, 4) is 5.75 Å². The second kappa shape index (κ2) is 8.94. The summed E-state index contributed by atoms with van der Waals surface area (Å²) in [5, 5.41) is 5.93. The van der Waals surface area contributed by atoms with Crippen molar-refractivity contribution < 1.29 is 14.3 Å². The van der Waals surface area contributed by atoms with Crippen LogP contribution in [0.5, 0.6) is 5.75 Å². The standard InChI is InChI=1S/C18H20ClN3O3/c1-2-25-15-9-7-14(8-10-15)21-17(23)11-16(22-18(20)24)12-3-5-13(19)6-4-12/h3-10,16H,2,11H2,1H3,(H,21,23)(H3,20,22,24)/t16-/m1/s1. The monoisotopic (exact) mass is 361 g/mol. The highest BCUT2D eigenvalue weighted by Crippen LogP contribution is 2.21. The van der Waals surface area contributed by atoms with Gasteiger partial charge in [0.1, 0.15) is 5.75 Å². The SMILES string of the molecule is CCOc1ccc(NC(=O)C[C@@H](NC(N)=O)c2ccc(Cl)cc2)cc1. The first-order valence-corrected chi connectivity index (χ1v) is 8.20. The number of hydrogen-bond donors (Lipinski definition) is 3. The molecule has 2 aromatic carbocycles. The zero-order chi connectivity index (χ0) is 18.2. The highest BCUT2D eigenvalue weighted by atomic mass is 35.5. The maximum absolute atomic E-state index is 12.3. The summed E-state index contributed by atoms with van der Waals surface area (Å²) in [5.74, 6) is 0.479. The Hall–Kier alpha value is -2.73. The molecule has 7 heteroatoms. The number of halogens is 1. The summed E-state index contributed by atoms with van der Waals surface area (Å²) in [6.07, 6.45) is 0.0395. The quantitative estimate of drug-likeness (QED) is 0.704. The summed E-state index contributed by atoms with van der Waals surface area (Å²) < 4.78 is 5.36. The van der Waals surface area contributed by atoms with Crippen molar-refractivity contribution in [2.75, 3.05) is 11.9 Å². The summed E-state index contributed by atoms with van der Waals surface area (Å²) in [4.78, 5) is 23.5. The predicted octanol–water partition coefficient (Wildman–Crippen LogP) is 3.48. The summed E-state index contributed by atoms with van der Waals surface area (Å²) in [7, 11) is 0. The highest BCUT2D eigenvalue weighted by Gasteiger charge is 2.17. The zero-order valence-electron chi connectivity index (χ0n) is 13.8. The summed E-state index contributed by atoms with van der Waals surface area (Å²) >= 11 is 5.87. The molecule has 132 valence electrons. The fourth-order valence-corrected chi connectivity index (χ4v) is 2.44. The molecular weight excluding hydrogens is 342 g/mol. The van der Waals surface area contributed by atoms with Crippen LogP contribution in [0.3, 0.4) is 0 Å². The maximum atomic E-state index is 12.3. The number of anilines is 1. The lowest BCUT2D eigenvalue weighted by molar-refractivity contribution is -0.116. The normalized spacial score (nSPS) is 11.4. The van der Waals surface area contributed by atoms with Crippen molar-refractivity contribution in [1.82, 2.24) is 5.32 Å².